The predicted molar refractivity (Wildman–Crippen MR) is 114 cm³/mol. The molecule has 3 aromatic rings. The monoisotopic (exact) mass is 405 g/mol. The van der Waals surface area contributed by atoms with E-state index in [0.29, 0.717) is 15.3 Å². The van der Waals surface area contributed by atoms with Crippen molar-refractivity contribution in [2.75, 3.05) is 14.1 Å². The third kappa shape index (κ3) is 3.10. The number of hydrogen-bond donors (Lipinski definition) is 0. The Kier molecular flexibility index (Phi) is 4.59. The quantitative estimate of drug-likeness (QED) is 0.607. The Hall–Kier alpha value is -2.45. The fraction of sp³-hybridized carbons (Fsp3) is 0.143. The topological polar surface area (TPSA) is 27.7 Å². The van der Waals surface area contributed by atoms with Crippen molar-refractivity contribution in [1.29, 1.82) is 0 Å². The molecule has 0 saturated carbocycles. The van der Waals surface area contributed by atoms with Gasteiger partial charge < -0.3 is 18.1 Å². The Morgan fingerprint density at radius 2 is 1.27 bits per heavy atom. The summed E-state index contributed by atoms with van der Waals surface area (Å²) in [6.45, 7) is -1.26. The fourth-order valence-corrected chi connectivity index (χ4v) is 4.54. The molecule has 1 spiro atoms. The maximum atomic E-state index is 13.5. The molecule has 2 aliphatic heterocycles. The van der Waals surface area contributed by atoms with Crippen molar-refractivity contribution < 1.29 is 26.9 Å². The van der Waals surface area contributed by atoms with Gasteiger partial charge in [0, 0.05) is 14.1 Å². The number of halogens is 2. The van der Waals surface area contributed by atoms with Crippen LogP contribution in [0.4, 0.5) is 8.78 Å². The molecular weight excluding hydrogens is 385 g/mol. The smallest absolute Gasteiger partial charge is 0.478 e. The van der Waals surface area contributed by atoms with Crippen LogP contribution in [0.3, 0.4) is 0 Å². The lowest BCUT2D eigenvalue weighted by Crippen LogP contribution is -2.78. The van der Waals surface area contributed by atoms with Crippen LogP contribution in [0.15, 0.2) is 72.8 Å². The van der Waals surface area contributed by atoms with Crippen molar-refractivity contribution >= 4 is 37.3 Å². The molecule has 0 bridgehead atoms. The molecule has 0 unspecified atom stereocenters. The molecule has 3 aromatic carbocycles. The van der Waals surface area contributed by atoms with E-state index in [1.54, 1.807) is 24.3 Å². The van der Waals surface area contributed by atoms with Gasteiger partial charge in [-0.2, -0.15) is 0 Å². The zero-order valence-corrected chi connectivity index (χ0v) is 16.8. The van der Waals surface area contributed by atoms with E-state index >= 15 is 0 Å². The highest BCUT2D eigenvalue weighted by Crippen LogP contribution is 2.33. The first-order chi connectivity index (χ1) is 14.4. The van der Waals surface area contributed by atoms with Crippen LogP contribution in [0.2, 0.25) is 0 Å². The molecule has 0 amide bonds. The lowest BCUT2D eigenvalue weighted by Gasteiger charge is -2.55. The van der Waals surface area contributed by atoms with Gasteiger partial charge in [-0.1, -0.05) is 54.0 Å². The molecule has 30 heavy (non-hydrogen) atoms. The van der Waals surface area contributed by atoms with Gasteiger partial charge >= 0.3 is 20.9 Å². The second kappa shape index (κ2) is 7.06. The van der Waals surface area contributed by atoms with E-state index in [2.05, 4.69) is 20.2 Å². The Morgan fingerprint density at radius 3 is 1.80 bits per heavy atom. The molecule has 150 valence electrons. The van der Waals surface area contributed by atoms with Crippen LogP contribution >= 0.6 is 0 Å². The van der Waals surface area contributed by atoms with E-state index < -0.39 is 20.9 Å². The summed E-state index contributed by atoms with van der Waals surface area (Å²) in [6.07, 6.45) is 0. The van der Waals surface area contributed by atoms with Crippen LogP contribution in [0.25, 0.3) is 0 Å². The number of nitrogens with zero attached hydrogens (tertiary/aromatic N) is 1. The number of hydrogen-bond acceptors (Lipinski definition) is 3. The van der Waals surface area contributed by atoms with E-state index in [-0.39, 0.29) is 11.6 Å². The molecule has 5 rings (SSSR count). The van der Waals surface area contributed by atoms with Gasteiger partial charge in [-0.05, 0) is 40.8 Å². The van der Waals surface area contributed by atoms with Crippen LogP contribution in [0.1, 0.15) is 5.56 Å². The standard InChI is InChI=1S/C21H20B3F2NO3/c1-27(2)15-16-5-3-4-6-21(16)24(27)29-22(17-7-11-19(25)12-8-17)28-23(30-24)18-9-13-20(26)14-10-18/h3-14H,15H2,1-2H3. The molecule has 0 radical (unpaired) electrons. The largest absolute Gasteiger partial charge is 0.551 e. The number of rotatable bonds is 2. The van der Waals surface area contributed by atoms with Gasteiger partial charge in [0.15, 0.2) is 0 Å². The predicted octanol–water partition coefficient (Wildman–Crippen LogP) is 1.55. The van der Waals surface area contributed by atoms with Crippen LogP contribution in [-0.4, -0.2) is 39.4 Å². The van der Waals surface area contributed by atoms with Crippen molar-refractivity contribution in [3.8, 4) is 0 Å². The van der Waals surface area contributed by atoms with Gasteiger partial charge in [0.25, 0.3) is 0 Å². The molecule has 1 saturated heterocycles. The van der Waals surface area contributed by atoms with Crippen molar-refractivity contribution in [1.82, 2.24) is 0 Å². The molecule has 4 nitrogen and oxygen atoms in total. The molecule has 1 fully saturated rings. The van der Waals surface area contributed by atoms with Crippen molar-refractivity contribution in [3.63, 3.8) is 0 Å². The summed E-state index contributed by atoms with van der Waals surface area (Å²) in [4.78, 5) is 0. The minimum Gasteiger partial charge on any atom is -0.551 e. The maximum Gasteiger partial charge on any atom is 0.478 e. The molecular formula is C21H20B3F2NO3. The minimum atomic E-state index is -2.00. The summed E-state index contributed by atoms with van der Waals surface area (Å²) in [5.41, 5.74) is 3.53. The van der Waals surface area contributed by atoms with E-state index in [1.165, 1.54) is 24.3 Å². The third-order valence-electron chi connectivity index (χ3n) is 6.09. The second-order valence-corrected chi connectivity index (χ2v) is 8.48. The fourth-order valence-electron chi connectivity index (χ4n) is 4.54. The van der Waals surface area contributed by atoms with Gasteiger partial charge in [-0.15, -0.1) is 0 Å². The normalized spacial score (nSPS) is 19.2. The summed E-state index contributed by atoms with van der Waals surface area (Å²) in [5.74, 6) is -0.660. The number of benzene rings is 3. The zero-order chi connectivity index (χ0) is 20.9. The van der Waals surface area contributed by atoms with Gasteiger partial charge in [0.05, 0.1) is 6.54 Å². The third-order valence-corrected chi connectivity index (χ3v) is 6.09. The van der Waals surface area contributed by atoms with Crippen LogP contribution in [0, 0.1) is 11.6 Å². The Balaban J connectivity index is 1.63. The lowest BCUT2D eigenvalue weighted by molar-refractivity contribution is -0.814. The number of fused-ring (bicyclic) bond motifs is 2. The summed E-state index contributed by atoms with van der Waals surface area (Å²) in [7, 11) is 2.60. The highest BCUT2D eigenvalue weighted by molar-refractivity contribution is 6.93. The highest BCUT2D eigenvalue weighted by atomic mass is 19.1. The lowest BCUT2D eigenvalue weighted by atomic mass is 9.53. The van der Waals surface area contributed by atoms with Crippen molar-refractivity contribution in [2.24, 2.45) is 0 Å². The average Bonchev–Trinajstić information content (AvgIpc) is 2.95. The number of quaternary nitrogens is 1. The summed E-state index contributed by atoms with van der Waals surface area (Å²) in [6, 6.07) is 20.2. The van der Waals surface area contributed by atoms with Crippen LogP contribution in [-0.2, 0) is 20.3 Å². The van der Waals surface area contributed by atoms with Crippen LogP contribution in [0.5, 0.6) is 0 Å². The SMILES string of the molecule is C[N+]1(C)Cc2ccccc2[B-]12OB(c1ccc(F)cc1)OB(c1ccc(F)cc1)O2. The first-order valence-electron chi connectivity index (χ1n) is 9.95. The highest BCUT2D eigenvalue weighted by Gasteiger charge is 2.59. The molecule has 9 heteroatoms. The van der Waals surface area contributed by atoms with Crippen molar-refractivity contribution in [3.05, 3.63) is 90.0 Å². The van der Waals surface area contributed by atoms with E-state index in [9.17, 15) is 8.78 Å². The Labute approximate surface area is 175 Å². The Bertz CT molecular complexity index is 1030. The second-order valence-electron chi connectivity index (χ2n) is 8.48. The maximum absolute atomic E-state index is 13.5. The molecule has 0 aromatic heterocycles. The first kappa shape index (κ1) is 19.5. The van der Waals surface area contributed by atoms with Crippen molar-refractivity contribution in [2.45, 2.75) is 6.54 Å². The van der Waals surface area contributed by atoms with E-state index in [4.69, 9.17) is 13.7 Å². The molecule has 2 aliphatic rings. The molecule has 2 heterocycles. The van der Waals surface area contributed by atoms with Gasteiger partial charge in [0.2, 0.25) is 0 Å². The van der Waals surface area contributed by atoms with Crippen LogP contribution < -0.4 is 16.4 Å². The van der Waals surface area contributed by atoms with Gasteiger partial charge in [-0.25, -0.2) is 8.78 Å². The zero-order valence-electron chi connectivity index (χ0n) is 16.8. The molecule has 0 N–H and O–H groups in total. The Morgan fingerprint density at radius 1 is 0.767 bits per heavy atom. The minimum absolute atomic E-state index is 0.330. The summed E-state index contributed by atoms with van der Waals surface area (Å²) < 4.78 is 46.8. The van der Waals surface area contributed by atoms with Gasteiger partial charge in [0.1, 0.15) is 11.6 Å². The van der Waals surface area contributed by atoms with E-state index in [1.807, 2.05) is 18.2 Å². The summed E-state index contributed by atoms with van der Waals surface area (Å²) in [5, 5.41) is 0. The molecule has 0 atom stereocenters. The summed E-state index contributed by atoms with van der Waals surface area (Å²) >= 11 is 0. The molecule has 0 aliphatic carbocycles. The average molecular weight is 405 g/mol. The van der Waals surface area contributed by atoms with E-state index in [0.717, 1.165) is 17.6 Å². The first-order valence-corrected chi connectivity index (χ1v) is 9.95. The van der Waals surface area contributed by atoms with Gasteiger partial charge in [-0.3, -0.25) is 0 Å².